The third-order valence-corrected chi connectivity index (χ3v) is 3.37. The number of nitrogens with zero attached hydrogens (tertiary/aromatic N) is 5. The zero-order chi connectivity index (χ0) is 14.8. The van der Waals surface area contributed by atoms with Crippen LogP contribution in [-0.2, 0) is 6.54 Å². The monoisotopic (exact) mass is 303 g/mol. The van der Waals surface area contributed by atoms with E-state index >= 15 is 0 Å². The summed E-state index contributed by atoms with van der Waals surface area (Å²) in [6.45, 7) is 0.708. The third kappa shape index (κ3) is 2.75. The zero-order valence-electron chi connectivity index (χ0n) is 11.7. The summed E-state index contributed by atoms with van der Waals surface area (Å²) in [6.07, 6.45) is 1.46. The number of methoxy groups -OCH3 is 1. The molecular formula is C14H14ClN5O. The number of ether oxygens (including phenoxy) is 1. The molecule has 0 saturated heterocycles. The Balaban J connectivity index is 1.89. The van der Waals surface area contributed by atoms with E-state index in [0.29, 0.717) is 17.5 Å². The molecule has 0 spiro atoms. The van der Waals surface area contributed by atoms with Crippen molar-refractivity contribution in [2.75, 3.05) is 19.1 Å². The number of aromatic nitrogens is 4. The number of hydrogen-bond acceptors (Lipinski definition) is 5. The molecule has 0 unspecified atom stereocenters. The number of rotatable bonds is 4. The van der Waals surface area contributed by atoms with Crippen molar-refractivity contribution in [3.8, 4) is 5.75 Å². The van der Waals surface area contributed by atoms with Gasteiger partial charge in [-0.3, -0.25) is 0 Å². The standard InChI is InChI=1S/C14H14ClN5O/c1-19(8-10-3-5-11(21-2)6-4-10)13-7-12(15)18-14-16-9-17-20(13)14/h3-7,9H,8H2,1-2H3. The van der Waals surface area contributed by atoms with Crippen molar-refractivity contribution in [1.29, 1.82) is 0 Å². The summed E-state index contributed by atoms with van der Waals surface area (Å²) in [6, 6.07) is 9.70. The minimum absolute atomic E-state index is 0.395. The van der Waals surface area contributed by atoms with Crippen molar-refractivity contribution in [3.63, 3.8) is 0 Å². The van der Waals surface area contributed by atoms with Crippen LogP contribution in [0, 0.1) is 0 Å². The van der Waals surface area contributed by atoms with Gasteiger partial charge in [0.1, 0.15) is 23.0 Å². The second-order valence-corrected chi connectivity index (χ2v) is 5.00. The van der Waals surface area contributed by atoms with Gasteiger partial charge in [-0.05, 0) is 17.7 Å². The first-order valence-corrected chi connectivity index (χ1v) is 6.75. The highest BCUT2D eigenvalue weighted by molar-refractivity contribution is 6.29. The van der Waals surface area contributed by atoms with Crippen LogP contribution in [0.4, 0.5) is 5.82 Å². The number of anilines is 1. The Morgan fingerprint density at radius 3 is 2.76 bits per heavy atom. The lowest BCUT2D eigenvalue weighted by molar-refractivity contribution is 0.414. The summed E-state index contributed by atoms with van der Waals surface area (Å²) in [5, 5.41) is 4.57. The smallest absolute Gasteiger partial charge is 0.255 e. The van der Waals surface area contributed by atoms with Crippen molar-refractivity contribution >= 4 is 23.2 Å². The minimum Gasteiger partial charge on any atom is -0.497 e. The quantitative estimate of drug-likeness (QED) is 0.693. The molecule has 0 atom stereocenters. The van der Waals surface area contributed by atoms with Crippen molar-refractivity contribution in [2.24, 2.45) is 0 Å². The van der Waals surface area contributed by atoms with Gasteiger partial charge in [-0.2, -0.15) is 19.6 Å². The molecule has 0 radical (unpaired) electrons. The van der Waals surface area contributed by atoms with E-state index in [4.69, 9.17) is 16.3 Å². The number of halogens is 1. The van der Waals surface area contributed by atoms with Gasteiger partial charge in [-0.15, -0.1) is 0 Å². The van der Waals surface area contributed by atoms with Crippen molar-refractivity contribution in [1.82, 2.24) is 19.6 Å². The Kier molecular flexibility index (Phi) is 3.62. The Morgan fingerprint density at radius 2 is 2.05 bits per heavy atom. The maximum Gasteiger partial charge on any atom is 0.255 e. The van der Waals surface area contributed by atoms with Gasteiger partial charge in [0.05, 0.1) is 7.11 Å². The van der Waals surface area contributed by atoms with E-state index in [2.05, 4.69) is 15.1 Å². The second-order valence-electron chi connectivity index (χ2n) is 4.61. The van der Waals surface area contributed by atoms with Gasteiger partial charge < -0.3 is 9.64 Å². The normalized spacial score (nSPS) is 10.8. The van der Waals surface area contributed by atoms with Crippen molar-refractivity contribution in [3.05, 3.63) is 47.4 Å². The largest absolute Gasteiger partial charge is 0.497 e. The van der Waals surface area contributed by atoms with Crippen LogP contribution in [-0.4, -0.2) is 33.7 Å². The van der Waals surface area contributed by atoms with Crippen LogP contribution in [0.1, 0.15) is 5.56 Å². The van der Waals surface area contributed by atoms with Gasteiger partial charge in [0, 0.05) is 19.7 Å². The lowest BCUT2D eigenvalue weighted by Gasteiger charge is -2.20. The fourth-order valence-electron chi connectivity index (χ4n) is 2.13. The highest BCUT2D eigenvalue weighted by Crippen LogP contribution is 2.20. The molecule has 108 valence electrons. The van der Waals surface area contributed by atoms with E-state index in [9.17, 15) is 0 Å². The number of fused-ring (bicyclic) bond motifs is 1. The Labute approximate surface area is 127 Å². The summed E-state index contributed by atoms with van der Waals surface area (Å²) in [5.41, 5.74) is 1.15. The second kappa shape index (κ2) is 5.57. The van der Waals surface area contributed by atoms with Gasteiger partial charge in [-0.25, -0.2) is 0 Å². The zero-order valence-corrected chi connectivity index (χ0v) is 12.4. The third-order valence-electron chi connectivity index (χ3n) is 3.17. The molecule has 2 heterocycles. The molecule has 2 aromatic heterocycles. The van der Waals surface area contributed by atoms with E-state index in [-0.39, 0.29) is 0 Å². The first kappa shape index (κ1) is 13.6. The lowest BCUT2D eigenvalue weighted by atomic mass is 10.2. The maximum absolute atomic E-state index is 6.03. The summed E-state index contributed by atoms with van der Waals surface area (Å²) in [7, 11) is 3.62. The van der Waals surface area contributed by atoms with E-state index in [0.717, 1.165) is 17.1 Å². The Hall–Kier alpha value is -2.34. The van der Waals surface area contributed by atoms with Crippen molar-refractivity contribution < 1.29 is 4.74 Å². The SMILES string of the molecule is COc1ccc(CN(C)c2cc(Cl)nc3ncnn23)cc1. The molecule has 6 nitrogen and oxygen atoms in total. The molecule has 21 heavy (non-hydrogen) atoms. The molecule has 0 bridgehead atoms. The summed E-state index contributed by atoms with van der Waals surface area (Å²) in [4.78, 5) is 10.2. The molecule has 3 aromatic rings. The molecule has 0 saturated carbocycles. The van der Waals surface area contributed by atoms with Crippen LogP contribution in [0.2, 0.25) is 5.15 Å². The number of benzene rings is 1. The minimum atomic E-state index is 0.395. The summed E-state index contributed by atoms with van der Waals surface area (Å²) < 4.78 is 6.82. The molecule has 0 N–H and O–H groups in total. The average molecular weight is 304 g/mol. The van der Waals surface area contributed by atoms with Gasteiger partial charge in [0.25, 0.3) is 5.78 Å². The predicted octanol–water partition coefficient (Wildman–Crippen LogP) is 2.42. The van der Waals surface area contributed by atoms with Gasteiger partial charge in [-0.1, -0.05) is 23.7 Å². The topological polar surface area (TPSA) is 55.5 Å². The highest BCUT2D eigenvalue weighted by atomic mass is 35.5. The molecule has 0 aliphatic rings. The predicted molar refractivity (Wildman–Crippen MR) is 80.9 cm³/mol. The molecule has 1 aromatic carbocycles. The molecule has 0 fully saturated rings. The molecule has 0 amide bonds. The summed E-state index contributed by atoms with van der Waals surface area (Å²) >= 11 is 6.03. The van der Waals surface area contributed by atoms with Crippen LogP contribution in [0.3, 0.4) is 0 Å². The van der Waals surface area contributed by atoms with Crippen LogP contribution in [0.5, 0.6) is 5.75 Å². The molecule has 7 heteroatoms. The highest BCUT2D eigenvalue weighted by Gasteiger charge is 2.11. The molecule has 0 aliphatic carbocycles. The van der Waals surface area contributed by atoms with Gasteiger partial charge in [0.15, 0.2) is 0 Å². The number of hydrogen-bond donors (Lipinski definition) is 0. The van der Waals surface area contributed by atoms with Crippen LogP contribution < -0.4 is 9.64 Å². The van der Waals surface area contributed by atoms with Gasteiger partial charge >= 0.3 is 0 Å². The first-order valence-electron chi connectivity index (χ1n) is 6.38. The van der Waals surface area contributed by atoms with E-state index in [1.807, 2.05) is 36.2 Å². The average Bonchev–Trinajstić information content (AvgIpc) is 2.95. The van der Waals surface area contributed by atoms with Crippen LogP contribution in [0.15, 0.2) is 36.7 Å². The fraction of sp³-hybridized carbons (Fsp3) is 0.214. The van der Waals surface area contributed by atoms with E-state index < -0.39 is 0 Å². The van der Waals surface area contributed by atoms with Crippen molar-refractivity contribution in [2.45, 2.75) is 6.54 Å². The lowest BCUT2D eigenvalue weighted by Crippen LogP contribution is -2.20. The molecule has 0 aliphatic heterocycles. The first-order chi connectivity index (χ1) is 10.2. The summed E-state index contributed by atoms with van der Waals surface area (Å²) in [5.74, 6) is 2.16. The van der Waals surface area contributed by atoms with Crippen LogP contribution in [0.25, 0.3) is 5.78 Å². The Bertz CT molecular complexity index is 756. The molecular weight excluding hydrogens is 290 g/mol. The fourth-order valence-corrected chi connectivity index (χ4v) is 2.30. The van der Waals surface area contributed by atoms with Crippen LogP contribution >= 0.6 is 11.6 Å². The maximum atomic E-state index is 6.03. The van der Waals surface area contributed by atoms with E-state index in [1.165, 1.54) is 6.33 Å². The van der Waals surface area contributed by atoms with E-state index in [1.54, 1.807) is 17.7 Å². The van der Waals surface area contributed by atoms with Gasteiger partial charge in [0.2, 0.25) is 0 Å². The Morgan fingerprint density at radius 1 is 1.29 bits per heavy atom. The molecule has 3 rings (SSSR count).